The number of hydrogen-bond donors (Lipinski definition) is 0. The van der Waals surface area contributed by atoms with Crippen molar-refractivity contribution in [2.75, 3.05) is 0 Å². The SMILES string of the molecule is Cc1nc(C)nc(-c2cc(-n3c4ccc(-c5cc(C(F)(F)F)cc(C(F)(F)F)c5)cc4c4cc(-c5cc(C(F)(F)F)cc(C(F)(F)F)c5)ccc43)ccc2C#N)n1. The summed E-state index contributed by atoms with van der Waals surface area (Å²) in [4.78, 5) is 12.8. The van der Waals surface area contributed by atoms with Crippen LogP contribution in [0.4, 0.5) is 52.7 Å². The van der Waals surface area contributed by atoms with Crippen molar-refractivity contribution in [3.63, 3.8) is 0 Å². The van der Waals surface area contributed by atoms with E-state index >= 15 is 0 Å². The highest BCUT2D eigenvalue weighted by Gasteiger charge is 2.38. The van der Waals surface area contributed by atoms with Gasteiger partial charge in [0.15, 0.2) is 5.82 Å². The van der Waals surface area contributed by atoms with Gasteiger partial charge in [0.1, 0.15) is 11.6 Å². The van der Waals surface area contributed by atoms with E-state index in [-0.39, 0.29) is 62.0 Å². The van der Waals surface area contributed by atoms with Crippen molar-refractivity contribution >= 4 is 21.8 Å². The molecule has 0 spiro atoms. The van der Waals surface area contributed by atoms with Crippen LogP contribution in [-0.2, 0) is 24.7 Å². The molecule has 2 aromatic heterocycles. The van der Waals surface area contributed by atoms with Crippen molar-refractivity contribution < 1.29 is 52.7 Å². The van der Waals surface area contributed by atoms with E-state index in [2.05, 4.69) is 21.0 Å². The normalized spacial score (nSPS) is 12.7. The number of benzene rings is 5. The molecule has 0 saturated heterocycles. The number of nitriles is 1. The Morgan fingerprint density at radius 3 is 1.25 bits per heavy atom. The van der Waals surface area contributed by atoms with E-state index in [9.17, 15) is 57.9 Å². The number of hydrogen-bond acceptors (Lipinski definition) is 4. The summed E-state index contributed by atoms with van der Waals surface area (Å²) >= 11 is 0. The number of halogens is 12. The van der Waals surface area contributed by atoms with Gasteiger partial charge in [-0.1, -0.05) is 12.1 Å². The highest BCUT2D eigenvalue weighted by molar-refractivity contribution is 6.11. The average Bonchev–Trinajstić information content (AvgIpc) is 3.45. The monoisotopic (exact) mass is 799 g/mol. The van der Waals surface area contributed by atoms with Gasteiger partial charge in [0.05, 0.1) is 44.9 Å². The maximum absolute atomic E-state index is 13.8. The molecule has 0 radical (unpaired) electrons. The summed E-state index contributed by atoms with van der Waals surface area (Å²) in [5.41, 5.74) is -6.12. The Balaban J connectivity index is 1.54. The summed E-state index contributed by atoms with van der Waals surface area (Å²) in [6.07, 6.45) is -20.6. The fourth-order valence-electron chi connectivity index (χ4n) is 6.59. The predicted octanol–water partition coefficient (Wildman–Crippen LogP) is 12.5. The zero-order chi connectivity index (χ0) is 41.4. The molecule has 0 unspecified atom stereocenters. The van der Waals surface area contributed by atoms with E-state index in [0.29, 0.717) is 41.6 Å². The summed E-state index contributed by atoms with van der Waals surface area (Å²) in [7, 11) is 0. The molecule has 5 nitrogen and oxygen atoms in total. The third-order valence-corrected chi connectivity index (χ3v) is 9.09. The topological polar surface area (TPSA) is 67.4 Å². The van der Waals surface area contributed by atoms with Crippen molar-refractivity contribution in [1.29, 1.82) is 5.26 Å². The molecule has 0 bridgehead atoms. The third kappa shape index (κ3) is 7.46. The second kappa shape index (κ2) is 13.4. The molecule has 0 saturated carbocycles. The molecule has 0 N–H and O–H groups in total. The first-order valence-electron chi connectivity index (χ1n) is 16.4. The Kier molecular flexibility index (Phi) is 9.09. The Hall–Kier alpha value is -6.44. The third-order valence-electron chi connectivity index (χ3n) is 9.09. The molecule has 0 amide bonds. The van der Waals surface area contributed by atoms with Gasteiger partial charge in [0.25, 0.3) is 0 Å². The van der Waals surface area contributed by atoms with Gasteiger partial charge in [-0.05, 0) is 115 Å². The molecule has 7 aromatic rings. The summed E-state index contributed by atoms with van der Waals surface area (Å²) in [5.74, 6) is 0.823. The van der Waals surface area contributed by atoms with Gasteiger partial charge in [0.2, 0.25) is 0 Å². The Bertz CT molecular complexity index is 2570. The van der Waals surface area contributed by atoms with Gasteiger partial charge in [0, 0.05) is 22.0 Å². The van der Waals surface area contributed by atoms with Crippen LogP contribution in [-0.4, -0.2) is 19.5 Å². The Labute approximate surface area is 313 Å². The van der Waals surface area contributed by atoms with E-state index in [1.165, 1.54) is 48.5 Å². The predicted molar refractivity (Wildman–Crippen MR) is 185 cm³/mol. The molecule has 17 heteroatoms. The molecular weight excluding hydrogens is 778 g/mol. The van der Waals surface area contributed by atoms with Crippen LogP contribution in [0, 0.1) is 25.2 Å². The van der Waals surface area contributed by atoms with Crippen molar-refractivity contribution in [2.24, 2.45) is 0 Å². The Morgan fingerprint density at radius 1 is 0.474 bits per heavy atom. The summed E-state index contributed by atoms with van der Waals surface area (Å²) in [5, 5.41) is 10.3. The number of aryl methyl sites for hydroxylation is 2. The first kappa shape index (κ1) is 38.8. The molecule has 0 fully saturated rings. The van der Waals surface area contributed by atoms with Crippen molar-refractivity contribution in [3.05, 3.63) is 130 Å². The zero-order valence-electron chi connectivity index (χ0n) is 28.9. The second-order valence-electron chi connectivity index (χ2n) is 13.0. The van der Waals surface area contributed by atoms with Crippen LogP contribution < -0.4 is 0 Å². The van der Waals surface area contributed by atoms with Crippen molar-refractivity contribution in [1.82, 2.24) is 19.5 Å². The van der Waals surface area contributed by atoms with E-state index in [4.69, 9.17) is 0 Å². The van der Waals surface area contributed by atoms with Gasteiger partial charge < -0.3 is 4.57 Å². The van der Waals surface area contributed by atoms with Crippen LogP contribution in [0.15, 0.2) is 91.0 Å². The number of aromatic nitrogens is 4. The van der Waals surface area contributed by atoms with Gasteiger partial charge >= 0.3 is 24.7 Å². The van der Waals surface area contributed by atoms with Crippen molar-refractivity contribution in [3.8, 4) is 45.4 Å². The average molecular weight is 800 g/mol. The smallest absolute Gasteiger partial charge is 0.309 e. The molecular formula is C40H21F12N5. The molecule has 57 heavy (non-hydrogen) atoms. The van der Waals surface area contributed by atoms with E-state index in [0.717, 1.165) is 0 Å². The number of fused-ring (bicyclic) bond motifs is 3. The van der Waals surface area contributed by atoms with Gasteiger partial charge in [-0.15, -0.1) is 0 Å². The van der Waals surface area contributed by atoms with Gasteiger partial charge in [-0.25, -0.2) is 15.0 Å². The standard InChI is InChI=1S/C40H21F12N5/c1-19-54-20(2)56-36(55-19)31-17-30(6-3-23(31)18-53)57-34-7-4-21(24-9-26(37(41,42)43)15-27(10-24)38(44,45)46)13-32(34)33-14-22(5-8-35(33)57)25-11-28(39(47,48)49)16-29(12-25)40(50,51)52/h3-17H,1-2H3. The van der Waals surface area contributed by atoms with E-state index in [1.54, 1.807) is 24.5 Å². The molecule has 290 valence electrons. The fourth-order valence-corrected chi connectivity index (χ4v) is 6.59. The van der Waals surface area contributed by atoms with E-state index < -0.39 is 58.1 Å². The lowest BCUT2D eigenvalue weighted by atomic mass is 9.96. The maximum Gasteiger partial charge on any atom is 0.416 e. The van der Waals surface area contributed by atoms with Crippen LogP contribution in [0.2, 0.25) is 0 Å². The quantitative estimate of drug-likeness (QED) is 0.166. The maximum atomic E-state index is 13.8. The molecule has 0 atom stereocenters. The fraction of sp³-hybridized carbons (Fsp3) is 0.150. The summed E-state index contributed by atoms with van der Waals surface area (Å²) in [6, 6.07) is 16.6. The second-order valence-corrected chi connectivity index (χ2v) is 13.0. The zero-order valence-corrected chi connectivity index (χ0v) is 28.9. The largest absolute Gasteiger partial charge is 0.416 e. The van der Waals surface area contributed by atoms with Gasteiger partial charge in [-0.3, -0.25) is 0 Å². The van der Waals surface area contributed by atoms with Crippen LogP contribution in [0.3, 0.4) is 0 Å². The molecule has 2 heterocycles. The Morgan fingerprint density at radius 2 is 0.877 bits per heavy atom. The number of rotatable bonds is 4. The van der Waals surface area contributed by atoms with Crippen LogP contribution in [0.1, 0.15) is 39.5 Å². The minimum absolute atomic E-state index is 0.0254. The molecule has 7 rings (SSSR count). The first-order chi connectivity index (χ1) is 26.5. The van der Waals surface area contributed by atoms with Crippen LogP contribution in [0.25, 0.3) is 61.1 Å². The summed E-state index contributed by atoms with van der Waals surface area (Å²) < 4.78 is 167. The van der Waals surface area contributed by atoms with Crippen LogP contribution >= 0.6 is 0 Å². The van der Waals surface area contributed by atoms with Crippen molar-refractivity contribution in [2.45, 2.75) is 38.6 Å². The summed E-state index contributed by atoms with van der Waals surface area (Å²) in [6.45, 7) is 3.22. The lowest BCUT2D eigenvalue weighted by molar-refractivity contribution is -0.144. The first-order valence-corrected chi connectivity index (χ1v) is 16.4. The lowest BCUT2D eigenvalue weighted by Crippen LogP contribution is -2.11. The van der Waals surface area contributed by atoms with Crippen LogP contribution in [0.5, 0.6) is 0 Å². The number of nitrogens with zero attached hydrogens (tertiary/aromatic N) is 5. The minimum atomic E-state index is -5.16. The molecule has 0 aliphatic carbocycles. The highest BCUT2D eigenvalue weighted by Crippen LogP contribution is 2.43. The number of alkyl halides is 12. The highest BCUT2D eigenvalue weighted by atomic mass is 19.4. The van der Waals surface area contributed by atoms with E-state index in [1.807, 2.05) is 0 Å². The molecule has 0 aliphatic heterocycles. The lowest BCUT2D eigenvalue weighted by Gasteiger charge is -2.15. The van der Waals surface area contributed by atoms with Gasteiger partial charge in [-0.2, -0.15) is 57.9 Å². The molecule has 5 aromatic carbocycles. The minimum Gasteiger partial charge on any atom is -0.309 e. The molecule has 0 aliphatic rings.